The second-order valence-corrected chi connectivity index (χ2v) is 6.18. The Balaban J connectivity index is 1.57. The molecule has 0 spiro atoms. The first kappa shape index (κ1) is 14.4. The van der Waals surface area contributed by atoms with Crippen molar-refractivity contribution in [3.8, 4) is 6.07 Å². The van der Waals surface area contributed by atoms with Crippen molar-refractivity contribution in [2.24, 2.45) is 11.8 Å². The topological polar surface area (TPSA) is 62.1 Å². The third-order valence-corrected chi connectivity index (χ3v) is 4.55. The third-order valence-electron chi connectivity index (χ3n) is 4.30. The Morgan fingerprint density at radius 3 is 2.81 bits per heavy atom. The number of nitriles is 1. The average Bonchev–Trinajstić information content (AvgIpc) is 3.11. The van der Waals surface area contributed by atoms with Gasteiger partial charge in [-0.2, -0.15) is 5.26 Å². The highest BCUT2D eigenvalue weighted by molar-refractivity contribution is 6.30. The minimum absolute atomic E-state index is 0.0200. The largest absolute Gasteiger partial charge is 0.381 e. The van der Waals surface area contributed by atoms with E-state index >= 15 is 0 Å². The molecule has 1 aliphatic heterocycles. The van der Waals surface area contributed by atoms with Crippen LogP contribution in [0.3, 0.4) is 0 Å². The van der Waals surface area contributed by atoms with Gasteiger partial charge in [-0.15, -0.1) is 0 Å². The fraction of sp³-hybridized carbons (Fsp3) is 0.500. The predicted octanol–water partition coefficient (Wildman–Crippen LogP) is 2.49. The smallest absolute Gasteiger partial charge is 0.224 e. The second kappa shape index (κ2) is 6.05. The lowest BCUT2D eigenvalue weighted by Gasteiger charge is -2.16. The highest BCUT2D eigenvalue weighted by atomic mass is 35.5. The SMILES string of the molecule is N#C[C@H](NC(=O)[C@@H]1C[C@@H]1c1ccc(Cl)cc1)[C@H]1CCOC1. The van der Waals surface area contributed by atoms with Crippen molar-refractivity contribution in [2.75, 3.05) is 13.2 Å². The van der Waals surface area contributed by atoms with Gasteiger partial charge in [-0.05, 0) is 36.5 Å². The number of nitrogens with one attached hydrogen (secondary N) is 1. The van der Waals surface area contributed by atoms with E-state index < -0.39 is 6.04 Å². The molecule has 2 aliphatic rings. The van der Waals surface area contributed by atoms with Crippen molar-refractivity contribution in [3.63, 3.8) is 0 Å². The molecule has 1 heterocycles. The van der Waals surface area contributed by atoms with Crippen LogP contribution in [0.5, 0.6) is 0 Å². The predicted molar refractivity (Wildman–Crippen MR) is 78.8 cm³/mol. The number of hydrogen-bond donors (Lipinski definition) is 1. The number of hydrogen-bond acceptors (Lipinski definition) is 3. The molecule has 1 aliphatic carbocycles. The summed E-state index contributed by atoms with van der Waals surface area (Å²) in [4.78, 5) is 12.3. The van der Waals surface area contributed by atoms with E-state index in [2.05, 4.69) is 11.4 Å². The van der Waals surface area contributed by atoms with Crippen molar-refractivity contribution in [2.45, 2.75) is 24.8 Å². The molecule has 1 aromatic rings. The van der Waals surface area contributed by atoms with E-state index in [9.17, 15) is 10.1 Å². The number of ether oxygens (including phenoxy) is 1. The standard InChI is InChI=1S/C16H17ClN2O2/c17-12-3-1-10(2-4-12)13-7-14(13)16(20)19-15(8-18)11-5-6-21-9-11/h1-4,11,13-15H,5-7,9H2,(H,19,20)/t11-,13+,14+,15-/m0/s1. The van der Waals surface area contributed by atoms with Gasteiger partial charge in [-0.3, -0.25) is 4.79 Å². The van der Waals surface area contributed by atoms with E-state index in [1.165, 1.54) is 0 Å². The van der Waals surface area contributed by atoms with Crippen LogP contribution >= 0.6 is 11.6 Å². The van der Waals surface area contributed by atoms with Crippen LogP contribution in [0.25, 0.3) is 0 Å². The Morgan fingerprint density at radius 1 is 1.43 bits per heavy atom. The molecule has 5 heteroatoms. The van der Waals surface area contributed by atoms with E-state index in [-0.39, 0.29) is 23.7 Å². The van der Waals surface area contributed by atoms with Gasteiger partial charge in [0.25, 0.3) is 0 Å². The number of carbonyl (C=O) groups is 1. The molecule has 1 N–H and O–H groups in total. The van der Waals surface area contributed by atoms with E-state index in [0.717, 1.165) is 18.4 Å². The molecule has 1 saturated carbocycles. The third kappa shape index (κ3) is 3.20. The summed E-state index contributed by atoms with van der Waals surface area (Å²) in [6, 6.07) is 9.37. The maximum absolute atomic E-state index is 12.3. The van der Waals surface area contributed by atoms with Crippen LogP contribution in [0, 0.1) is 23.2 Å². The van der Waals surface area contributed by atoms with E-state index in [4.69, 9.17) is 16.3 Å². The molecule has 1 amide bonds. The number of amides is 1. The molecule has 0 radical (unpaired) electrons. The lowest BCUT2D eigenvalue weighted by molar-refractivity contribution is -0.123. The second-order valence-electron chi connectivity index (χ2n) is 5.74. The molecule has 1 aromatic carbocycles. The van der Waals surface area contributed by atoms with Crippen molar-refractivity contribution in [3.05, 3.63) is 34.9 Å². The first-order valence-electron chi connectivity index (χ1n) is 7.22. The number of rotatable bonds is 4. The lowest BCUT2D eigenvalue weighted by Crippen LogP contribution is -2.40. The molecule has 0 unspecified atom stereocenters. The van der Waals surface area contributed by atoms with Crippen molar-refractivity contribution < 1.29 is 9.53 Å². The zero-order valence-electron chi connectivity index (χ0n) is 11.6. The summed E-state index contributed by atoms with van der Waals surface area (Å²) >= 11 is 5.87. The van der Waals surface area contributed by atoms with Crippen LogP contribution in [0.4, 0.5) is 0 Å². The zero-order chi connectivity index (χ0) is 14.8. The Labute approximate surface area is 129 Å². The molecule has 4 nitrogen and oxygen atoms in total. The maximum atomic E-state index is 12.3. The monoisotopic (exact) mass is 304 g/mol. The summed E-state index contributed by atoms with van der Waals surface area (Å²) in [6.07, 6.45) is 1.68. The first-order valence-corrected chi connectivity index (χ1v) is 7.60. The van der Waals surface area contributed by atoms with Gasteiger partial charge in [-0.1, -0.05) is 23.7 Å². The highest BCUT2D eigenvalue weighted by Gasteiger charge is 2.45. The van der Waals surface area contributed by atoms with Crippen LogP contribution in [0.15, 0.2) is 24.3 Å². The summed E-state index contributed by atoms with van der Waals surface area (Å²) in [5, 5.41) is 12.8. The van der Waals surface area contributed by atoms with Gasteiger partial charge in [0.15, 0.2) is 0 Å². The van der Waals surface area contributed by atoms with Crippen molar-refractivity contribution in [1.82, 2.24) is 5.32 Å². The summed E-state index contributed by atoms with van der Waals surface area (Å²) in [7, 11) is 0. The maximum Gasteiger partial charge on any atom is 0.224 e. The molecule has 21 heavy (non-hydrogen) atoms. The van der Waals surface area contributed by atoms with Gasteiger partial charge in [0.1, 0.15) is 6.04 Å². The van der Waals surface area contributed by atoms with Gasteiger partial charge in [-0.25, -0.2) is 0 Å². The molecule has 0 bridgehead atoms. The zero-order valence-corrected chi connectivity index (χ0v) is 12.3. The Bertz CT molecular complexity index is 561. The number of nitrogens with zero attached hydrogens (tertiary/aromatic N) is 1. The minimum atomic E-state index is -0.438. The summed E-state index contributed by atoms with van der Waals surface area (Å²) in [5.41, 5.74) is 1.14. The molecule has 110 valence electrons. The Hall–Kier alpha value is -1.57. The van der Waals surface area contributed by atoms with E-state index in [1.807, 2.05) is 24.3 Å². The highest BCUT2D eigenvalue weighted by Crippen LogP contribution is 2.47. The summed E-state index contributed by atoms with van der Waals surface area (Å²) in [6.45, 7) is 1.24. The van der Waals surface area contributed by atoms with Crippen molar-refractivity contribution in [1.29, 1.82) is 5.26 Å². The fourth-order valence-corrected chi connectivity index (χ4v) is 3.02. The number of halogens is 1. The quantitative estimate of drug-likeness (QED) is 0.929. The average molecular weight is 305 g/mol. The van der Waals surface area contributed by atoms with Gasteiger partial charge in [0.05, 0.1) is 12.7 Å². The lowest BCUT2D eigenvalue weighted by atomic mass is 10.00. The van der Waals surface area contributed by atoms with Crippen LogP contribution in [-0.4, -0.2) is 25.2 Å². The minimum Gasteiger partial charge on any atom is -0.381 e. The molecule has 0 aromatic heterocycles. The van der Waals surface area contributed by atoms with Gasteiger partial charge in [0.2, 0.25) is 5.91 Å². The van der Waals surface area contributed by atoms with Gasteiger partial charge in [0, 0.05) is 23.5 Å². The van der Waals surface area contributed by atoms with Crippen LogP contribution in [-0.2, 0) is 9.53 Å². The summed E-state index contributed by atoms with van der Waals surface area (Å²) < 4.78 is 5.28. The van der Waals surface area contributed by atoms with E-state index in [1.54, 1.807) is 0 Å². The van der Waals surface area contributed by atoms with Crippen LogP contribution in [0.2, 0.25) is 5.02 Å². The molecule has 2 fully saturated rings. The van der Waals surface area contributed by atoms with Gasteiger partial charge < -0.3 is 10.1 Å². The molecular formula is C16H17ClN2O2. The van der Waals surface area contributed by atoms with E-state index in [0.29, 0.717) is 18.2 Å². The Kier molecular flexibility index (Phi) is 4.14. The normalized spacial score (nSPS) is 28.7. The number of benzene rings is 1. The summed E-state index contributed by atoms with van der Waals surface area (Å²) in [5.74, 6) is 0.325. The molecule has 1 saturated heterocycles. The Morgan fingerprint density at radius 2 is 2.19 bits per heavy atom. The molecule has 4 atom stereocenters. The van der Waals surface area contributed by atoms with Crippen LogP contribution in [0.1, 0.15) is 24.3 Å². The van der Waals surface area contributed by atoms with Crippen LogP contribution < -0.4 is 5.32 Å². The molecular weight excluding hydrogens is 288 g/mol. The number of carbonyl (C=O) groups excluding carboxylic acids is 1. The first-order chi connectivity index (χ1) is 10.2. The molecule has 3 rings (SSSR count). The van der Waals surface area contributed by atoms with Crippen molar-refractivity contribution >= 4 is 17.5 Å². The van der Waals surface area contributed by atoms with Gasteiger partial charge >= 0.3 is 0 Å². The fourth-order valence-electron chi connectivity index (χ4n) is 2.89.